The molecule has 0 aliphatic heterocycles. The summed E-state index contributed by atoms with van der Waals surface area (Å²) in [6.45, 7) is 10.6. The highest BCUT2D eigenvalue weighted by molar-refractivity contribution is 6.17. The SMILES string of the molecule is CCCCCCCCCCCOC(=O)CCCCCN(CCCCl)CCCCCCCC(=O)OC(CCCCCCCC)CCCCCCCC. The lowest BCUT2D eigenvalue weighted by Gasteiger charge is -2.22. The molecule has 0 spiro atoms. The monoisotopic (exact) mass is 742 g/mol. The Hall–Kier alpha value is -0.810. The third-order valence-corrected chi connectivity index (χ3v) is 10.7. The lowest BCUT2D eigenvalue weighted by molar-refractivity contribution is -0.150. The second kappa shape index (κ2) is 41.9. The number of alkyl halides is 1. The molecule has 51 heavy (non-hydrogen) atoms. The van der Waals surface area contributed by atoms with Crippen LogP contribution in [0.25, 0.3) is 0 Å². The Morgan fingerprint density at radius 3 is 1.31 bits per heavy atom. The van der Waals surface area contributed by atoms with Gasteiger partial charge in [0.05, 0.1) is 6.61 Å². The fourth-order valence-corrected chi connectivity index (χ4v) is 7.14. The van der Waals surface area contributed by atoms with Crippen LogP contribution < -0.4 is 0 Å². The van der Waals surface area contributed by atoms with Gasteiger partial charge in [-0.3, -0.25) is 9.59 Å². The predicted octanol–water partition coefficient (Wildman–Crippen LogP) is 14.3. The molecule has 0 amide bonds. The van der Waals surface area contributed by atoms with Crippen molar-refractivity contribution < 1.29 is 19.1 Å². The van der Waals surface area contributed by atoms with Crippen LogP contribution in [-0.4, -0.2) is 55.1 Å². The summed E-state index contributed by atoms with van der Waals surface area (Å²) in [5.41, 5.74) is 0. The highest BCUT2D eigenvalue weighted by Gasteiger charge is 2.14. The van der Waals surface area contributed by atoms with E-state index in [-0.39, 0.29) is 18.0 Å². The van der Waals surface area contributed by atoms with E-state index in [1.165, 1.54) is 148 Å². The van der Waals surface area contributed by atoms with Gasteiger partial charge in [-0.1, -0.05) is 162 Å². The van der Waals surface area contributed by atoms with Gasteiger partial charge in [0.2, 0.25) is 0 Å². The number of unbranched alkanes of at least 4 members (excludes halogenated alkanes) is 24. The molecular weight excluding hydrogens is 654 g/mol. The van der Waals surface area contributed by atoms with Gasteiger partial charge >= 0.3 is 11.9 Å². The number of halogens is 1. The summed E-state index contributed by atoms with van der Waals surface area (Å²) in [4.78, 5) is 27.4. The minimum Gasteiger partial charge on any atom is -0.466 e. The highest BCUT2D eigenvalue weighted by Crippen LogP contribution is 2.18. The van der Waals surface area contributed by atoms with Crippen molar-refractivity contribution in [3.05, 3.63) is 0 Å². The number of carbonyl (C=O) groups is 2. The summed E-state index contributed by atoms with van der Waals surface area (Å²) >= 11 is 6.02. The Morgan fingerprint density at radius 2 is 0.824 bits per heavy atom. The molecule has 0 saturated carbocycles. The molecule has 0 rings (SSSR count). The van der Waals surface area contributed by atoms with Crippen molar-refractivity contribution in [1.82, 2.24) is 4.90 Å². The van der Waals surface area contributed by atoms with E-state index in [0.29, 0.717) is 25.3 Å². The van der Waals surface area contributed by atoms with Gasteiger partial charge in [0.1, 0.15) is 6.10 Å². The van der Waals surface area contributed by atoms with Crippen LogP contribution in [0.15, 0.2) is 0 Å². The summed E-state index contributed by atoms with van der Waals surface area (Å²) in [5.74, 6) is 0.704. The maximum absolute atomic E-state index is 12.7. The van der Waals surface area contributed by atoms with E-state index in [4.69, 9.17) is 21.1 Å². The number of rotatable bonds is 42. The Balaban J connectivity index is 4.04. The maximum Gasteiger partial charge on any atom is 0.306 e. The molecule has 0 bridgehead atoms. The molecule has 0 fully saturated rings. The van der Waals surface area contributed by atoms with E-state index in [0.717, 1.165) is 77.4 Å². The fourth-order valence-electron chi connectivity index (χ4n) is 7.02. The molecule has 0 atom stereocenters. The molecule has 0 heterocycles. The first-order valence-corrected chi connectivity index (χ1v) is 23.2. The van der Waals surface area contributed by atoms with Gasteiger partial charge in [0.25, 0.3) is 0 Å². The van der Waals surface area contributed by atoms with Gasteiger partial charge < -0.3 is 14.4 Å². The molecular formula is C45H88ClNO4. The number of carbonyl (C=O) groups excluding carboxylic acids is 2. The second-order valence-electron chi connectivity index (χ2n) is 15.5. The van der Waals surface area contributed by atoms with Crippen LogP contribution in [-0.2, 0) is 19.1 Å². The van der Waals surface area contributed by atoms with E-state index in [2.05, 4.69) is 25.7 Å². The zero-order valence-corrected chi connectivity index (χ0v) is 35.4. The van der Waals surface area contributed by atoms with Crippen LogP contribution in [0, 0.1) is 0 Å². The van der Waals surface area contributed by atoms with Gasteiger partial charge in [-0.25, -0.2) is 0 Å². The lowest BCUT2D eigenvalue weighted by atomic mass is 10.0. The van der Waals surface area contributed by atoms with Gasteiger partial charge in [0, 0.05) is 18.7 Å². The molecule has 0 saturated heterocycles. The smallest absolute Gasteiger partial charge is 0.306 e. The van der Waals surface area contributed by atoms with Crippen molar-refractivity contribution in [1.29, 1.82) is 0 Å². The minimum atomic E-state index is -0.0250. The van der Waals surface area contributed by atoms with E-state index >= 15 is 0 Å². The maximum atomic E-state index is 12.7. The molecule has 6 heteroatoms. The standard InChI is InChI=1S/C45H88ClNO4/c1-4-7-10-13-16-17-18-24-32-42-50-44(48)36-29-25-31-40-47(41-33-38-46)39-30-23-19-22-28-37-45(49)51-43(34-26-20-14-11-8-5-2)35-27-21-15-12-9-6-3/h43H,4-42H2,1-3H3. The fraction of sp³-hybridized carbons (Fsp3) is 0.956. The molecule has 0 N–H and O–H groups in total. The van der Waals surface area contributed by atoms with Crippen LogP contribution in [0.5, 0.6) is 0 Å². The molecule has 0 aromatic carbocycles. The highest BCUT2D eigenvalue weighted by atomic mass is 35.5. The van der Waals surface area contributed by atoms with E-state index in [1.54, 1.807) is 0 Å². The molecule has 0 aromatic rings. The summed E-state index contributed by atoms with van der Waals surface area (Å²) in [6, 6.07) is 0. The molecule has 0 aliphatic rings. The quantitative estimate of drug-likeness (QED) is 0.0354. The van der Waals surface area contributed by atoms with E-state index in [9.17, 15) is 9.59 Å². The molecule has 0 aromatic heterocycles. The van der Waals surface area contributed by atoms with Crippen LogP contribution in [0.4, 0.5) is 0 Å². The summed E-state index contributed by atoms with van der Waals surface area (Å²) < 4.78 is 11.5. The van der Waals surface area contributed by atoms with Crippen molar-refractivity contribution >= 4 is 23.5 Å². The number of hydrogen-bond acceptors (Lipinski definition) is 5. The number of ether oxygens (including phenoxy) is 2. The number of nitrogens with zero attached hydrogens (tertiary/aromatic N) is 1. The summed E-state index contributed by atoms with van der Waals surface area (Å²) in [6.07, 6.45) is 40.0. The van der Waals surface area contributed by atoms with Crippen molar-refractivity contribution in [2.24, 2.45) is 0 Å². The Labute approximate surface area is 323 Å². The molecule has 0 aliphatic carbocycles. The predicted molar refractivity (Wildman–Crippen MR) is 222 cm³/mol. The van der Waals surface area contributed by atoms with Gasteiger partial charge in [0.15, 0.2) is 0 Å². The van der Waals surface area contributed by atoms with Crippen LogP contribution in [0.2, 0.25) is 0 Å². The van der Waals surface area contributed by atoms with Crippen molar-refractivity contribution in [3.8, 4) is 0 Å². The minimum absolute atomic E-state index is 0.0243. The average Bonchev–Trinajstić information content (AvgIpc) is 3.13. The lowest BCUT2D eigenvalue weighted by Crippen LogP contribution is -2.27. The Bertz CT molecular complexity index is 704. The summed E-state index contributed by atoms with van der Waals surface area (Å²) in [7, 11) is 0. The molecule has 304 valence electrons. The van der Waals surface area contributed by atoms with E-state index < -0.39 is 0 Å². The third kappa shape index (κ3) is 38.7. The first-order chi connectivity index (χ1) is 25.1. The average molecular weight is 743 g/mol. The topological polar surface area (TPSA) is 55.8 Å². The van der Waals surface area contributed by atoms with E-state index in [1.807, 2.05) is 0 Å². The Morgan fingerprint density at radius 1 is 0.451 bits per heavy atom. The number of esters is 2. The third-order valence-electron chi connectivity index (χ3n) is 10.4. The normalized spacial score (nSPS) is 11.6. The zero-order chi connectivity index (χ0) is 37.3. The molecule has 5 nitrogen and oxygen atoms in total. The van der Waals surface area contributed by atoms with Crippen molar-refractivity contribution in [2.45, 2.75) is 245 Å². The summed E-state index contributed by atoms with van der Waals surface area (Å²) in [5, 5.41) is 0. The molecule has 0 radical (unpaired) electrons. The molecule has 0 unspecified atom stereocenters. The van der Waals surface area contributed by atoms with Gasteiger partial charge in [-0.15, -0.1) is 11.6 Å². The van der Waals surface area contributed by atoms with Crippen LogP contribution in [0.1, 0.15) is 239 Å². The first-order valence-electron chi connectivity index (χ1n) is 22.7. The van der Waals surface area contributed by atoms with Crippen molar-refractivity contribution in [2.75, 3.05) is 32.1 Å². The zero-order valence-electron chi connectivity index (χ0n) is 34.6. The van der Waals surface area contributed by atoms with Crippen molar-refractivity contribution in [3.63, 3.8) is 0 Å². The van der Waals surface area contributed by atoms with Gasteiger partial charge in [-0.05, 0) is 83.8 Å². The number of hydrogen-bond donors (Lipinski definition) is 0. The van der Waals surface area contributed by atoms with Gasteiger partial charge in [-0.2, -0.15) is 0 Å². The first kappa shape index (κ1) is 50.2. The Kier molecular flexibility index (Phi) is 41.3. The van der Waals surface area contributed by atoms with Crippen LogP contribution >= 0.6 is 11.6 Å². The van der Waals surface area contributed by atoms with Crippen LogP contribution in [0.3, 0.4) is 0 Å². The largest absolute Gasteiger partial charge is 0.466 e. The second-order valence-corrected chi connectivity index (χ2v) is 15.9.